The minimum absolute atomic E-state index is 0.163. The van der Waals surface area contributed by atoms with Gasteiger partial charge in [-0.1, -0.05) is 11.8 Å². The fourth-order valence-corrected chi connectivity index (χ4v) is 5.97. The Morgan fingerprint density at radius 3 is 2.62 bits per heavy atom. The predicted octanol–water partition coefficient (Wildman–Crippen LogP) is 4.40. The maximum Gasteiger partial charge on any atom is 0.341 e. The van der Waals surface area contributed by atoms with Crippen LogP contribution < -0.4 is 10.2 Å². The van der Waals surface area contributed by atoms with E-state index in [9.17, 15) is 9.59 Å². The average Bonchev–Trinajstić information content (AvgIpc) is 3.37. The van der Waals surface area contributed by atoms with E-state index in [-0.39, 0.29) is 17.6 Å². The predicted molar refractivity (Wildman–Crippen MR) is 137 cm³/mol. The van der Waals surface area contributed by atoms with Crippen LogP contribution in [0.1, 0.15) is 40.6 Å². The van der Waals surface area contributed by atoms with E-state index < -0.39 is 0 Å². The lowest BCUT2D eigenvalue weighted by Gasteiger charge is -2.12. The molecule has 2 heterocycles. The van der Waals surface area contributed by atoms with E-state index in [4.69, 9.17) is 4.74 Å². The summed E-state index contributed by atoms with van der Waals surface area (Å²) in [6.45, 7) is 2.09. The molecule has 1 aliphatic rings. The van der Waals surface area contributed by atoms with Gasteiger partial charge < -0.3 is 19.5 Å². The van der Waals surface area contributed by atoms with Crippen molar-refractivity contribution in [3.8, 4) is 11.4 Å². The second kappa shape index (κ2) is 10.6. The summed E-state index contributed by atoms with van der Waals surface area (Å²) >= 11 is 2.81. The molecule has 0 fully saturated rings. The SMILES string of the molecule is CCOC(=O)c1c(NC(=O)CSc2nnc(-c3ccc(N(C)C)cc3)n2C)sc2c1CCCC2. The van der Waals surface area contributed by atoms with Crippen molar-refractivity contribution in [2.75, 3.05) is 36.7 Å². The van der Waals surface area contributed by atoms with Crippen molar-refractivity contribution < 1.29 is 14.3 Å². The topological polar surface area (TPSA) is 89.3 Å². The summed E-state index contributed by atoms with van der Waals surface area (Å²) in [5, 5.41) is 12.8. The first-order valence-corrected chi connectivity index (χ1v) is 13.1. The number of rotatable bonds is 8. The summed E-state index contributed by atoms with van der Waals surface area (Å²) in [7, 11) is 5.89. The second-order valence-corrected chi connectivity index (χ2v) is 10.3. The number of esters is 1. The molecule has 0 atom stereocenters. The molecule has 0 saturated carbocycles. The molecule has 0 unspecified atom stereocenters. The van der Waals surface area contributed by atoms with E-state index in [1.165, 1.54) is 28.0 Å². The van der Waals surface area contributed by atoms with E-state index in [1.54, 1.807) is 6.92 Å². The number of aryl methyl sites for hydroxylation is 1. The zero-order valence-electron chi connectivity index (χ0n) is 19.9. The van der Waals surface area contributed by atoms with Crippen molar-refractivity contribution in [1.82, 2.24) is 14.8 Å². The maximum absolute atomic E-state index is 12.8. The highest BCUT2D eigenvalue weighted by Gasteiger charge is 2.27. The molecule has 34 heavy (non-hydrogen) atoms. The highest BCUT2D eigenvalue weighted by molar-refractivity contribution is 7.99. The van der Waals surface area contributed by atoms with Crippen LogP contribution in [-0.2, 0) is 29.4 Å². The molecule has 10 heteroatoms. The van der Waals surface area contributed by atoms with Crippen LogP contribution in [0.4, 0.5) is 10.7 Å². The molecule has 0 aliphatic heterocycles. The van der Waals surface area contributed by atoms with Crippen molar-refractivity contribution >= 4 is 45.7 Å². The molecule has 8 nitrogen and oxygen atoms in total. The van der Waals surface area contributed by atoms with Gasteiger partial charge in [0.1, 0.15) is 5.00 Å². The number of nitrogens with one attached hydrogen (secondary N) is 1. The standard InChI is InChI=1S/C24H29N5O3S2/c1-5-32-23(31)20-17-8-6-7-9-18(17)34-22(20)25-19(30)14-33-24-27-26-21(29(24)4)15-10-12-16(13-11-15)28(2)3/h10-13H,5-9,14H2,1-4H3,(H,25,30). The summed E-state index contributed by atoms with van der Waals surface area (Å²) in [6, 6.07) is 8.09. The van der Waals surface area contributed by atoms with Crippen molar-refractivity contribution in [3.05, 3.63) is 40.3 Å². The van der Waals surface area contributed by atoms with Gasteiger partial charge in [-0.3, -0.25) is 4.79 Å². The number of ether oxygens (including phenoxy) is 1. The highest BCUT2D eigenvalue weighted by Crippen LogP contribution is 2.38. The highest BCUT2D eigenvalue weighted by atomic mass is 32.2. The van der Waals surface area contributed by atoms with E-state index >= 15 is 0 Å². The molecule has 3 aromatic rings. The minimum atomic E-state index is -0.358. The zero-order chi connectivity index (χ0) is 24.2. The van der Waals surface area contributed by atoms with Crippen LogP contribution in [0.3, 0.4) is 0 Å². The summed E-state index contributed by atoms with van der Waals surface area (Å²) < 4.78 is 7.16. The molecule has 0 bridgehead atoms. The molecule has 1 amide bonds. The van der Waals surface area contributed by atoms with Crippen LogP contribution in [0.25, 0.3) is 11.4 Å². The minimum Gasteiger partial charge on any atom is -0.462 e. The van der Waals surface area contributed by atoms with E-state index in [0.29, 0.717) is 22.3 Å². The molecule has 4 rings (SSSR count). The number of carbonyl (C=O) groups is 2. The lowest BCUT2D eigenvalue weighted by molar-refractivity contribution is -0.113. The van der Waals surface area contributed by atoms with Crippen LogP contribution in [0.2, 0.25) is 0 Å². The van der Waals surface area contributed by atoms with Crippen LogP contribution in [0, 0.1) is 0 Å². The molecule has 180 valence electrons. The Bertz CT molecular complexity index is 1180. The van der Waals surface area contributed by atoms with Crippen molar-refractivity contribution in [2.24, 2.45) is 7.05 Å². The lowest BCUT2D eigenvalue weighted by atomic mass is 9.95. The normalized spacial score (nSPS) is 12.8. The fourth-order valence-electron chi connectivity index (χ4n) is 3.97. The first kappa shape index (κ1) is 24.3. The molecule has 0 radical (unpaired) electrons. The third-order valence-electron chi connectivity index (χ3n) is 5.71. The second-order valence-electron chi connectivity index (χ2n) is 8.28. The number of thioether (sulfide) groups is 1. The van der Waals surface area contributed by atoms with E-state index in [0.717, 1.165) is 48.3 Å². The lowest BCUT2D eigenvalue weighted by Crippen LogP contribution is -2.17. The van der Waals surface area contributed by atoms with Crippen LogP contribution >= 0.6 is 23.1 Å². The van der Waals surface area contributed by atoms with Crippen LogP contribution in [0.15, 0.2) is 29.4 Å². The smallest absolute Gasteiger partial charge is 0.341 e. The van der Waals surface area contributed by atoms with E-state index in [2.05, 4.69) is 15.5 Å². The Hall–Kier alpha value is -2.85. The first-order chi connectivity index (χ1) is 16.4. The molecule has 1 aliphatic carbocycles. The Morgan fingerprint density at radius 2 is 1.91 bits per heavy atom. The summed E-state index contributed by atoms with van der Waals surface area (Å²) in [6.07, 6.45) is 3.94. The number of nitrogens with zero attached hydrogens (tertiary/aromatic N) is 4. The number of amides is 1. The maximum atomic E-state index is 12.8. The van der Waals surface area contributed by atoms with E-state index in [1.807, 2.05) is 54.9 Å². The number of carbonyl (C=O) groups excluding carboxylic acids is 2. The summed E-state index contributed by atoms with van der Waals surface area (Å²) in [4.78, 5) is 28.6. The quantitative estimate of drug-likeness (QED) is 0.363. The number of hydrogen-bond donors (Lipinski definition) is 1. The monoisotopic (exact) mass is 499 g/mol. The van der Waals surface area contributed by atoms with Gasteiger partial charge in [0.2, 0.25) is 5.91 Å². The molecule has 0 spiro atoms. The van der Waals surface area contributed by atoms with Gasteiger partial charge in [0.25, 0.3) is 0 Å². The summed E-state index contributed by atoms with van der Waals surface area (Å²) in [5.41, 5.74) is 3.63. The van der Waals surface area contributed by atoms with Gasteiger partial charge in [-0.25, -0.2) is 4.79 Å². The molecule has 1 aromatic carbocycles. The Balaban J connectivity index is 1.44. The third-order valence-corrected chi connectivity index (χ3v) is 7.94. The molecular weight excluding hydrogens is 470 g/mol. The number of benzene rings is 1. The molecule has 1 N–H and O–H groups in total. The largest absolute Gasteiger partial charge is 0.462 e. The van der Waals surface area contributed by atoms with Gasteiger partial charge in [0.15, 0.2) is 11.0 Å². The van der Waals surface area contributed by atoms with Gasteiger partial charge in [0, 0.05) is 37.3 Å². The Kier molecular flexibility index (Phi) is 7.57. The van der Waals surface area contributed by atoms with Crippen molar-refractivity contribution in [3.63, 3.8) is 0 Å². The van der Waals surface area contributed by atoms with Gasteiger partial charge in [-0.05, 0) is 62.4 Å². The van der Waals surface area contributed by atoms with Gasteiger partial charge >= 0.3 is 5.97 Å². The fraction of sp³-hybridized carbons (Fsp3) is 0.417. The number of hydrogen-bond acceptors (Lipinski definition) is 8. The first-order valence-electron chi connectivity index (χ1n) is 11.3. The van der Waals surface area contributed by atoms with Crippen LogP contribution in [0.5, 0.6) is 0 Å². The van der Waals surface area contributed by atoms with Gasteiger partial charge in [-0.15, -0.1) is 21.5 Å². The Labute approximate surface area is 207 Å². The zero-order valence-corrected chi connectivity index (χ0v) is 21.5. The van der Waals surface area contributed by atoms with Gasteiger partial charge in [-0.2, -0.15) is 0 Å². The van der Waals surface area contributed by atoms with Gasteiger partial charge in [0.05, 0.1) is 17.9 Å². The molecular formula is C24H29N5O3S2. The van der Waals surface area contributed by atoms with Crippen molar-refractivity contribution in [1.29, 1.82) is 0 Å². The number of thiophene rings is 1. The number of anilines is 2. The molecule has 2 aromatic heterocycles. The van der Waals surface area contributed by atoms with Crippen LogP contribution in [-0.4, -0.2) is 53.1 Å². The number of fused-ring (bicyclic) bond motifs is 1. The third kappa shape index (κ3) is 5.12. The number of aromatic nitrogens is 3. The van der Waals surface area contributed by atoms with Crippen molar-refractivity contribution in [2.45, 2.75) is 37.8 Å². The Morgan fingerprint density at radius 1 is 1.18 bits per heavy atom. The molecule has 0 saturated heterocycles. The average molecular weight is 500 g/mol. The summed E-state index contributed by atoms with van der Waals surface area (Å²) in [5.74, 6) is 0.358.